The number of nitrogens with zero attached hydrogens (tertiary/aromatic N) is 2. The summed E-state index contributed by atoms with van der Waals surface area (Å²) in [5.74, 6) is 0.429. The highest BCUT2D eigenvalue weighted by Gasteiger charge is 2.10. The maximum absolute atomic E-state index is 12.1. The van der Waals surface area contributed by atoms with Gasteiger partial charge in [0.05, 0.1) is 12.1 Å². The smallest absolute Gasteiger partial charge is 0.231 e. The highest BCUT2D eigenvalue weighted by Crippen LogP contribution is 2.23. The van der Waals surface area contributed by atoms with Crippen LogP contribution < -0.4 is 5.32 Å². The van der Waals surface area contributed by atoms with E-state index in [2.05, 4.69) is 31.2 Å². The zero-order chi connectivity index (χ0) is 16.2. The Morgan fingerprint density at radius 3 is 2.83 bits per heavy atom. The van der Waals surface area contributed by atoms with Crippen LogP contribution in [0.4, 0.5) is 5.82 Å². The van der Waals surface area contributed by atoms with Crippen LogP contribution in [0.15, 0.2) is 52.4 Å². The molecular weight excluding hydrogens is 374 g/mol. The lowest BCUT2D eigenvalue weighted by Gasteiger charge is -2.05. The van der Waals surface area contributed by atoms with Gasteiger partial charge in [-0.2, -0.15) is 0 Å². The number of anilines is 1. The van der Waals surface area contributed by atoms with Crippen LogP contribution in [-0.2, 0) is 11.2 Å². The maximum atomic E-state index is 12.1. The summed E-state index contributed by atoms with van der Waals surface area (Å²) in [5.41, 5.74) is 2.85. The van der Waals surface area contributed by atoms with Crippen molar-refractivity contribution in [2.75, 3.05) is 5.32 Å². The van der Waals surface area contributed by atoms with E-state index in [1.165, 1.54) is 0 Å². The molecule has 0 bridgehead atoms. The number of nitrogens with one attached hydrogen (secondary N) is 1. The van der Waals surface area contributed by atoms with Gasteiger partial charge in [-0.25, -0.2) is 9.97 Å². The second-order valence-electron chi connectivity index (χ2n) is 5.05. The van der Waals surface area contributed by atoms with E-state index in [1.807, 2.05) is 48.7 Å². The van der Waals surface area contributed by atoms with E-state index in [4.69, 9.17) is 0 Å². The summed E-state index contributed by atoms with van der Waals surface area (Å²) in [6.07, 6.45) is 1.92. The van der Waals surface area contributed by atoms with Crippen molar-refractivity contribution in [2.45, 2.75) is 13.3 Å². The molecule has 3 rings (SSSR count). The van der Waals surface area contributed by atoms with E-state index in [1.54, 1.807) is 17.5 Å². The van der Waals surface area contributed by atoms with E-state index in [0.717, 1.165) is 26.3 Å². The topological polar surface area (TPSA) is 54.9 Å². The van der Waals surface area contributed by atoms with Crippen molar-refractivity contribution in [3.63, 3.8) is 0 Å². The summed E-state index contributed by atoms with van der Waals surface area (Å²) in [6, 6.07) is 11.8. The molecule has 3 aromatic rings. The highest BCUT2D eigenvalue weighted by atomic mass is 79.9. The molecule has 4 nitrogen and oxygen atoms in total. The molecule has 2 heterocycles. The molecule has 0 aliphatic carbocycles. The van der Waals surface area contributed by atoms with Crippen LogP contribution in [0.5, 0.6) is 0 Å². The Bertz CT molecular complexity index is 833. The summed E-state index contributed by atoms with van der Waals surface area (Å²) in [4.78, 5) is 20.8. The second kappa shape index (κ2) is 7.02. The first-order valence-corrected chi connectivity index (χ1v) is 8.71. The minimum absolute atomic E-state index is 0.121. The molecule has 0 atom stereocenters. The van der Waals surface area contributed by atoms with Crippen LogP contribution in [0.1, 0.15) is 11.3 Å². The van der Waals surface area contributed by atoms with Gasteiger partial charge in [0.15, 0.2) is 0 Å². The molecule has 0 aliphatic rings. The summed E-state index contributed by atoms with van der Waals surface area (Å²) >= 11 is 4.93. The first-order chi connectivity index (χ1) is 11.1. The Hall–Kier alpha value is -2.05. The van der Waals surface area contributed by atoms with E-state index >= 15 is 0 Å². The number of amides is 1. The quantitative estimate of drug-likeness (QED) is 0.718. The van der Waals surface area contributed by atoms with Gasteiger partial charge >= 0.3 is 0 Å². The lowest BCUT2D eigenvalue weighted by Crippen LogP contribution is -2.15. The van der Waals surface area contributed by atoms with Gasteiger partial charge in [-0.15, -0.1) is 11.3 Å². The van der Waals surface area contributed by atoms with Crippen molar-refractivity contribution >= 4 is 39.0 Å². The number of hydrogen-bond acceptors (Lipinski definition) is 4. The first kappa shape index (κ1) is 15.8. The molecule has 0 saturated heterocycles. The van der Waals surface area contributed by atoms with Crippen molar-refractivity contribution in [3.8, 4) is 10.6 Å². The summed E-state index contributed by atoms with van der Waals surface area (Å²) in [5, 5.41) is 5.64. The first-order valence-electron chi connectivity index (χ1n) is 7.03. The fraction of sp³-hybridized carbons (Fsp3) is 0.118. The van der Waals surface area contributed by atoms with Gasteiger partial charge in [-0.05, 0) is 34.5 Å². The Labute approximate surface area is 146 Å². The number of halogens is 1. The zero-order valence-corrected chi connectivity index (χ0v) is 14.8. The number of thiazole rings is 1. The van der Waals surface area contributed by atoms with E-state index in [0.29, 0.717) is 5.82 Å². The van der Waals surface area contributed by atoms with Gasteiger partial charge in [0.1, 0.15) is 10.8 Å². The Morgan fingerprint density at radius 2 is 2.09 bits per heavy atom. The van der Waals surface area contributed by atoms with Crippen LogP contribution in [0.2, 0.25) is 0 Å². The summed E-state index contributed by atoms with van der Waals surface area (Å²) in [7, 11) is 0. The Kier molecular flexibility index (Phi) is 4.83. The van der Waals surface area contributed by atoms with E-state index in [9.17, 15) is 4.79 Å². The molecule has 0 aliphatic heterocycles. The maximum Gasteiger partial charge on any atom is 0.231 e. The number of aromatic nitrogens is 2. The molecule has 23 heavy (non-hydrogen) atoms. The summed E-state index contributed by atoms with van der Waals surface area (Å²) in [6.45, 7) is 1.95. The third-order valence-electron chi connectivity index (χ3n) is 3.23. The van der Waals surface area contributed by atoms with Crippen molar-refractivity contribution in [1.82, 2.24) is 9.97 Å². The Morgan fingerprint density at radius 1 is 1.30 bits per heavy atom. The van der Waals surface area contributed by atoms with Crippen molar-refractivity contribution in [3.05, 3.63) is 63.7 Å². The number of carbonyl (C=O) groups excluding carboxylic acids is 1. The van der Waals surface area contributed by atoms with Crippen molar-refractivity contribution in [1.29, 1.82) is 0 Å². The lowest BCUT2D eigenvalue weighted by molar-refractivity contribution is -0.115. The fourth-order valence-electron chi connectivity index (χ4n) is 2.06. The van der Waals surface area contributed by atoms with Crippen LogP contribution in [-0.4, -0.2) is 15.9 Å². The molecule has 1 aromatic carbocycles. The standard InChI is InChI=1S/C17H14BrN3OS/c1-11-7-15(19-9-14(11)18)21-16(22)8-13-10-23-17(20-13)12-5-3-2-4-6-12/h2-7,9-10H,8H2,1H3,(H,19,21,22). The van der Waals surface area contributed by atoms with Gasteiger partial charge in [0.2, 0.25) is 5.91 Å². The normalized spacial score (nSPS) is 10.5. The van der Waals surface area contributed by atoms with E-state index in [-0.39, 0.29) is 12.3 Å². The predicted octanol–water partition coefficient (Wildman–Crippen LogP) is 4.46. The van der Waals surface area contributed by atoms with Gasteiger partial charge in [0, 0.05) is 21.6 Å². The fourth-order valence-corrected chi connectivity index (χ4v) is 3.10. The largest absolute Gasteiger partial charge is 0.310 e. The van der Waals surface area contributed by atoms with E-state index < -0.39 is 0 Å². The number of benzene rings is 1. The molecular formula is C17H14BrN3OS. The molecule has 0 spiro atoms. The van der Waals surface area contributed by atoms with Gasteiger partial charge in [-0.3, -0.25) is 4.79 Å². The molecule has 1 amide bonds. The number of carbonyl (C=O) groups is 1. The molecule has 0 fully saturated rings. The SMILES string of the molecule is Cc1cc(NC(=O)Cc2csc(-c3ccccc3)n2)ncc1Br. The van der Waals surface area contributed by atoms with Crippen LogP contribution in [0.3, 0.4) is 0 Å². The van der Waals surface area contributed by atoms with Gasteiger partial charge < -0.3 is 5.32 Å². The zero-order valence-electron chi connectivity index (χ0n) is 12.4. The lowest BCUT2D eigenvalue weighted by atomic mass is 10.2. The predicted molar refractivity (Wildman–Crippen MR) is 96.6 cm³/mol. The molecule has 0 radical (unpaired) electrons. The minimum atomic E-state index is -0.121. The van der Waals surface area contributed by atoms with Crippen LogP contribution in [0.25, 0.3) is 10.6 Å². The molecule has 2 aromatic heterocycles. The number of hydrogen-bond donors (Lipinski definition) is 1. The average Bonchev–Trinajstić information content (AvgIpc) is 3.00. The highest BCUT2D eigenvalue weighted by molar-refractivity contribution is 9.10. The molecule has 0 unspecified atom stereocenters. The molecule has 116 valence electrons. The van der Waals surface area contributed by atoms with Crippen molar-refractivity contribution in [2.24, 2.45) is 0 Å². The van der Waals surface area contributed by atoms with Gasteiger partial charge in [-0.1, -0.05) is 30.3 Å². The number of aryl methyl sites for hydroxylation is 1. The monoisotopic (exact) mass is 387 g/mol. The van der Waals surface area contributed by atoms with Crippen molar-refractivity contribution < 1.29 is 4.79 Å². The molecule has 1 N–H and O–H groups in total. The third-order valence-corrected chi connectivity index (χ3v) is 5.00. The number of pyridine rings is 1. The van der Waals surface area contributed by atoms with Crippen LogP contribution >= 0.6 is 27.3 Å². The second-order valence-corrected chi connectivity index (χ2v) is 6.77. The average molecular weight is 388 g/mol. The Balaban J connectivity index is 1.66. The van der Waals surface area contributed by atoms with Gasteiger partial charge in [0.25, 0.3) is 0 Å². The molecule has 0 saturated carbocycles. The third kappa shape index (κ3) is 4.03. The summed E-state index contributed by atoms with van der Waals surface area (Å²) < 4.78 is 0.919. The van der Waals surface area contributed by atoms with Crippen LogP contribution in [0, 0.1) is 6.92 Å². The number of rotatable bonds is 4. The molecule has 6 heteroatoms. The minimum Gasteiger partial charge on any atom is -0.310 e.